The predicted molar refractivity (Wildman–Crippen MR) is 78.6 cm³/mol. The van der Waals surface area contributed by atoms with E-state index in [9.17, 15) is 9.59 Å². The molecule has 3 N–H and O–H groups in total. The number of amides is 2. The lowest BCUT2D eigenvalue weighted by molar-refractivity contribution is -0.145. The number of likely N-dealkylation sites (tertiary alicyclic amines) is 1. The highest BCUT2D eigenvalue weighted by molar-refractivity contribution is 7.80. The highest BCUT2D eigenvalue weighted by Crippen LogP contribution is 2.21. The fraction of sp³-hybridized carbons (Fsp3) is 0.769. The van der Waals surface area contributed by atoms with Gasteiger partial charge in [0.05, 0.1) is 11.5 Å². The zero-order chi connectivity index (χ0) is 14.3. The molecule has 1 rings (SSSR count). The average Bonchev–Trinajstić information content (AvgIpc) is 2.61. The third-order valence-electron chi connectivity index (χ3n) is 3.45. The monoisotopic (exact) mass is 285 g/mol. The number of rotatable bonds is 4. The molecule has 0 aromatic carbocycles. The third kappa shape index (κ3) is 5.55. The molecule has 5 nitrogen and oxygen atoms in total. The van der Waals surface area contributed by atoms with Crippen LogP contribution in [0, 0.1) is 5.92 Å². The first-order chi connectivity index (χ1) is 9.04. The van der Waals surface area contributed by atoms with E-state index in [1.807, 2.05) is 0 Å². The summed E-state index contributed by atoms with van der Waals surface area (Å²) in [7, 11) is 0. The van der Waals surface area contributed by atoms with Crippen molar-refractivity contribution in [1.82, 2.24) is 10.2 Å². The Labute approximate surface area is 119 Å². The van der Waals surface area contributed by atoms with Gasteiger partial charge >= 0.3 is 11.8 Å². The summed E-state index contributed by atoms with van der Waals surface area (Å²) in [6, 6.07) is 0. The van der Waals surface area contributed by atoms with Crippen molar-refractivity contribution in [3.8, 4) is 0 Å². The van der Waals surface area contributed by atoms with Crippen LogP contribution in [0.3, 0.4) is 0 Å². The highest BCUT2D eigenvalue weighted by Gasteiger charge is 2.24. The smallest absolute Gasteiger partial charge is 0.311 e. The molecule has 1 unspecified atom stereocenters. The van der Waals surface area contributed by atoms with Crippen LogP contribution in [0.5, 0.6) is 0 Å². The molecule has 1 saturated heterocycles. The fourth-order valence-electron chi connectivity index (χ4n) is 2.45. The van der Waals surface area contributed by atoms with Crippen molar-refractivity contribution in [1.29, 1.82) is 0 Å². The summed E-state index contributed by atoms with van der Waals surface area (Å²) in [4.78, 5) is 25.4. The van der Waals surface area contributed by atoms with Crippen LogP contribution in [0.25, 0.3) is 0 Å². The fourth-order valence-corrected chi connectivity index (χ4v) is 2.52. The van der Waals surface area contributed by atoms with E-state index in [1.165, 1.54) is 12.8 Å². The van der Waals surface area contributed by atoms with Crippen molar-refractivity contribution in [3.05, 3.63) is 0 Å². The van der Waals surface area contributed by atoms with E-state index in [2.05, 4.69) is 24.5 Å². The summed E-state index contributed by atoms with van der Waals surface area (Å²) in [6.07, 6.45) is 5.48. The number of thiocarbonyl (C=S) groups is 1. The number of carbonyl (C=O) groups is 2. The first kappa shape index (κ1) is 15.9. The van der Waals surface area contributed by atoms with E-state index in [0.29, 0.717) is 19.0 Å². The van der Waals surface area contributed by atoms with Gasteiger partial charge in [-0.2, -0.15) is 0 Å². The zero-order valence-corrected chi connectivity index (χ0v) is 12.3. The summed E-state index contributed by atoms with van der Waals surface area (Å²) < 4.78 is 0. The topological polar surface area (TPSA) is 75.4 Å². The number of carbonyl (C=O) groups excluding carboxylic acids is 2. The largest absolute Gasteiger partial charge is 0.392 e. The van der Waals surface area contributed by atoms with E-state index in [4.69, 9.17) is 5.73 Å². The summed E-state index contributed by atoms with van der Waals surface area (Å²) in [5, 5.41) is 2.44. The zero-order valence-electron chi connectivity index (χ0n) is 11.5. The average molecular weight is 285 g/mol. The van der Waals surface area contributed by atoms with Crippen molar-refractivity contribution in [3.63, 3.8) is 0 Å². The molecule has 1 aliphatic heterocycles. The Balaban J connectivity index is 2.44. The lowest BCUT2D eigenvalue weighted by atomic mass is 9.96. The van der Waals surface area contributed by atoms with Gasteiger partial charge in [0.1, 0.15) is 0 Å². The molecule has 0 saturated carbocycles. The van der Waals surface area contributed by atoms with Crippen LogP contribution in [0.4, 0.5) is 0 Å². The minimum atomic E-state index is -0.609. The summed E-state index contributed by atoms with van der Waals surface area (Å²) in [5.41, 5.74) is 5.29. The number of hydrogen-bond acceptors (Lipinski definition) is 3. The van der Waals surface area contributed by atoms with E-state index in [-0.39, 0.29) is 11.5 Å². The second-order valence-electron chi connectivity index (χ2n) is 5.03. The van der Waals surface area contributed by atoms with Gasteiger partial charge in [-0.25, -0.2) is 0 Å². The second-order valence-corrected chi connectivity index (χ2v) is 5.55. The van der Waals surface area contributed by atoms with Crippen molar-refractivity contribution in [2.45, 2.75) is 39.0 Å². The maximum atomic E-state index is 12.0. The molecule has 108 valence electrons. The number of nitrogens with two attached hydrogens (primary N) is 1. The Morgan fingerprint density at radius 1 is 1.37 bits per heavy atom. The van der Waals surface area contributed by atoms with Crippen LogP contribution >= 0.6 is 12.2 Å². The minimum absolute atomic E-state index is 0.0756. The Hall–Kier alpha value is -1.17. The van der Waals surface area contributed by atoms with Crippen LogP contribution in [0.15, 0.2) is 0 Å². The molecule has 1 heterocycles. The van der Waals surface area contributed by atoms with Gasteiger partial charge in [-0.3, -0.25) is 9.59 Å². The summed E-state index contributed by atoms with van der Waals surface area (Å²) >= 11 is 4.66. The summed E-state index contributed by atoms with van der Waals surface area (Å²) in [6.45, 7) is 3.59. The molecule has 0 bridgehead atoms. The molecule has 2 amide bonds. The Kier molecular flexibility index (Phi) is 6.77. The molecule has 0 radical (unpaired) electrons. The molecular weight excluding hydrogens is 262 g/mol. The number of hydrogen-bond donors (Lipinski definition) is 2. The molecule has 0 aliphatic carbocycles. The van der Waals surface area contributed by atoms with Gasteiger partial charge in [0.2, 0.25) is 0 Å². The molecular formula is C13H23N3O2S. The van der Waals surface area contributed by atoms with E-state index in [0.717, 1.165) is 19.3 Å². The molecule has 1 fully saturated rings. The Morgan fingerprint density at radius 3 is 2.74 bits per heavy atom. The maximum absolute atomic E-state index is 12.0. The standard InChI is InChI=1S/C13H23N3O2S/c1-2-4-10-5-3-7-16(8-6-10)13(18)12(17)15-9-11(14)19/h10H,2-9H2,1H3,(H2,14,19)(H,15,17). The van der Waals surface area contributed by atoms with E-state index in [1.54, 1.807) is 4.90 Å². The van der Waals surface area contributed by atoms with Crippen molar-refractivity contribution < 1.29 is 9.59 Å². The summed E-state index contributed by atoms with van der Waals surface area (Å²) in [5.74, 6) is -0.391. The third-order valence-corrected chi connectivity index (χ3v) is 3.59. The second kappa shape index (κ2) is 8.09. The molecule has 0 spiro atoms. The predicted octanol–water partition coefficient (Wildman–Crippen LogP) is 0.818. The molecule has 0 aromatic rings. The first-order valence-electron chi connectivity index (χ1n) is 6.90. The van der Waals surface area contributed by atoms with Crippen LogP contribution in [0.2, 0.25) is 0 Å². The Morgan fingerprint density at radius 2 is 2.11 bits per heavy atom. The molecule has 1 aliphatic rings. The number of nitrogens with zero attached hydrogens (tertiary/aromatic N) is 1. The van der Waals surface area contributed by atoms with Gasteiger partial charge in [0.25, 0.3) is 0 Å². The van der Waals surface area contributed by atoms with Gasteiger partial charge in [-0.05, 0) is 25.2 Å². The Bertz CT molecular complexity index is 347. The van der Waals surface area contributed by atoms with Crippen LogP contribution in [-0.4, -0.2) is 41.3 Å². The quantitative estimate of drug-likeness (QED) is 0.592. The van der Waals surface area contributed by atoms with Crippen LogP contribution in [-0.2, 0) is 9.59 Å². The van der Waals surface area contributed by atoms with Gasteiger partial charge in [0, 0.05) is 13.1 Å². The lowest BCUT2D eigenvalue weighted by Crippen LogP contribution is -2.45. The van der Waals surface area contributed by atoms with Gasteiger partial charge < -0.3 is 16.0 Å². The SMILES string of the molecule is CCCC1CCCN(C(=O)C(=O)NCC(N)=S)CC1. The highest BCUT2D eigenvalue weighted by atomic mass is 32.1. The lowest BCUT2D eigenvalue weighted by Gasteiger charge is -2.19. The molecule has 1 atom stereocenters. The van der Waals surface area contributed by atoms with Crippen molar-refractivity contribution in [2.24, 2.45) is 11.7 Å². The molecule has 19 heavy (non-hydrogen) atoms. The van der Waals surface area contributed by atoms with Gasteiger partial charge in [-0.15, -0.1) is 0 Å². The molecule has 0 aromatic heterocycles. The van der Waals surface area contributed by atoms with Gasteiger partial charge in [-0.1, -0.05) is 32.0 Å². The van der Waals surface area contributed by atoms with Crippen LogP contribution < -0.4 is 11.1 Å². The van der Waals surface area contributed by atoms with Crippen molar-refractivity contribution >= 4 is 29.0 Å². The minimum Gasteiger partial charge on any atom is -0.392 e. The normalized spacial score (nSPS) is 19.6. The number of nitrogens with one attached hydrogen (secondary N) is 1. The van der Waals surface area contributed by atoms with E-state index < -0.39 is 11.8 Å². The van der Waals surface area contributed by atoms with E-state index >= 15 is 0 Å². The van der Waals surface area contributed by atoms with Crippen LogP contribution in [0.1, 0.15) is 39.0 Å². The van der Waals surface area contributed by atoms with Gasteiger partial charge in [0.15, 0.2) is 0 Å². The molecule has 6 heteroatoms. The maximum Gasteiger partial charge on any atom is 0.311 e. The van der Waals surface area contributed by atoms with Crippen molar-refractivity contribution in [2.75, 3.05) is 19.6 Å². The first-order valence-corrected chi connectivity index (χ1v) is 7.30.